The summed E-state index contributed by atoms with van der Waals surface area (Å²) in [5.74, 6) is 0.389. The zero-order valence-electron chi connectivity index (χ0n) is 13.6. The quantitative estimate of drug-likeness (QED) is 0.754. The van der Waals surface area contributed by atoms with Gasteiger partial charge in [0.05, 0.1) is 18.4 Å². The van der Waals surface area contributed by atoms with Crippen LogP contribution in [-0.2, 0) is 11.2 Å². The van der Waals surface area contributed by atoms with Crippen LogP contribution in [0.4, 0.5) is 5.69 Å². The lowest BCUT2D eigenvalue weighted by atomic mass is 10.1. The van der Waals surface area contributed by atoms with Crippen molar-refractivity contribution in [3.8, 4) is 5.75 Å². The van der Waals surface area contributed by atoms with Crippen molar-refractivity contribution in [1.29, 1.82) is 0 Å². The average Bonchev–Trinajstić information content (AvgIpc) is 2.99. The zero-order chi connectivity index (χ0) is 17.1. The number of H-pyrrole nitrogens is 1. The number of rotatable bonds is 5. The normalized spacial score (nSPS) is 10.6. The summed E-state index contributed by atoms with van der Waals surface area (Å²) in [5, 5.41) is 3.73. The van der Waals surface area contributed by atoms with Crippen molar-refractivity contribution in [2.75, 3.05) is 12.4 Å². The number of carbonyl (C=O) groups is 2. The predicted octanol–water partition coefficient (Wildman–Crippen LogP) is 3.56. The maximum atomic E-state index is 12.6. The van der Waals surface area contributed by atoms with Crippen LogP contribution in [0, 0.1) is 0 Å². The minimum absolute atomic E-state index is 0.0765. The minimum atomic E-state index is -0.218. The molecule has 0 spiro atoms. The van der Waals surface area contributed by atoms with Crippen LogP contribution in [0.1, 0.15) is 22.8 Å². The molecule has 0 aliphatic heterocycles. The highest BCUT2D eigenvalue weighted by Gasteiger charge is 2.14. The molecule has 0 aliphatic rings. The molecule has 0 saturated heterocycles. The van der Waals surface area contributed by atoms with Gasteiger partial charge in [0.25, 0.3) is 5.91 Å². The van der Waals surface area contributed by atoms with E-state index in [0.29, 0.717) is 23.4 Å². The van der Waals surface area contributed by atoms with Gasteiger partial charge in [-0.15, -0.1) is 0 Å². The Morgan fingerprint density at radius 1 is 1.17 bits per heavy atom. The van der Waals surface area contributed by atoms with E-state index in [2.05, 4.69) is 10.3 Å². The predicted molar refractivity (Wildman–Crippen MR) is 93.6 cm³/mol. The third-order valence-electron chi connectivity index (χ3n) is 3.80. The van der Waals surface area contributed by atoms with Gasteiger partial charge in [-0.2, -0.15) is 0 Å². The Morgan fingerprint density at radius 2 is 1.96 bits per heavy atom. The van der Waals surface area contributed by atoms with E-state index < -0.39 is 0 Å². The number of anilines is 1. The number of benzene rings is 2. The van der Waals surface area contributed by atoms with Gasteiger partial charge in [0.2, 0.25) is 0 Å². The second-order valence-electron chi connectivity index (χ2n) is 5.62. The SMILES string of the molecule is COc1cc(CC(C)=O)ccc1NC(=O)c1c[nH]c2ccccc12. The second-order valence-corrected chi connectivity index (χ2v) is 5.62. The molecule has 122 valence electrons. The molecule has 0 unspecified atom stereocenters. The number of aromatic amines is 1. The van der Waals surface area contributed by atoms with E-state index in [1.54, 1.807) is 25.3 Å². The molecular formula is C19H18N2O3. The molecule has 2 N–H and O–H groups in total. The average molecular weight is 322 g/mol. The molecule has 0 radical (unpaired) electrons. The topological polar surface area (TPSA) is 71.2 Å². The lowest BCUT2D eigenvalue weighted by Gasteiger charge is -2.11. The lowest BCUT2D eigenvalue weighted by Crippen LogP contribution is -2.12. The molecule has 24 heavy (non-hydrogen) atoms. The number of Topliss-reactive ketones (excluding diaryl/α,β-unsaturated/α-hetero) is 1. The van der Waals surface area contributed by atoms with Gasteiger partial charge in [0.1, 0.15) is 11.5 Å². The summed E-state index contributed by atoms with van der Waals surface area (Å²) in [7, 11) is 1.54. The molecular weight excluding hydrogens is 304 g/mol. The summed E-state index contributed by atoms with van der Waals surface area (Å²) in [6.45, 7) is 1.54. The first-order chi connectivity index (χ1) is 11.6. The first kappa shape index (κ1) is 15.8. The number of ether oxygens (including phenoxy) is 1. The highest BCUT2D eigenvalue weighted by Crippen LogP contribution is 2.27. The van der Waals surface area contributed by atoms with E-state index >= 15 is 0 Å². The third-order valence-corrected chi connectivity index (χ3v) is 3.80. The van der Waals surface area contributed by atoms with E-state index in [4.69, 9.17) is 4.74 Å². The minimum Gasteiger partial charge on any atom is -0.495 e. The van der Waals surface area contributed by atoms with Crippen molar-refractivity contribution >= 4 is 28.3 Å². The summed E-state index contributed by atoms with van der Waals surface area (Å²) >= 11 is 0. The molecule has 1 amide bonds. The number of hydrogen-bond acceptors (Lipinski definition) is 3. The number of fused-ring (bicyclic) bond motifs is 1. The van der Waals surface area contributed by atoms with Gasteiger partial charge in [-0.05, 0) is 30.7 Å². The summed E-state index contributed by atoms with van der Waals surface area (Å²) in [6, 6.07) is 13.0. The van der Waals surface area contributed by atoms with Gasteiger partial charge in [-0.3, -0.25) is 9.59 Å². The molecule has 0 saturated carbocycles. The molecule has 1 aromatic heterocycles. The number of nitrogens with one attached hydrogen (secondary N) is 2. The number of aromatic nitrogens is 1. The summed E-state index contributed by atoms with van der Waals surface area (Å²) in [4.78, 5) is 26.9. The zero-order valence-corrected chi connectivity index (χ0v) is 13.6. The van der Waals surface area contributed by atoms with Crippen molar-refractivity contribution in [1.82, 2.24) is 4.98 Å². The van der Waals surface area contributed by atoms with Crippen LogP contribution in [0.2, 0.25) is 0 Å². The molecule has 5 heteroatoms. The molecule has 5 nitrogen and oxygen atoms in total. The highest BCUT2D eigenvalue weighted by molar-refractivity contribution is 6.13. The van der Waals surface area contributed by atoms with Gasteiger partial charge in [0, 0.05) is 23.5 Å². The number of methoxy groups -OCH3 is 1. The van der Waals surface area contributed by atoms with Crippen LogP contribution in [0.3, 0.4) is 0 Å². The van der Waals surface area contributed by atoms with Crippen LogP contribution in [0.15, 0.2) is 48.7 Å². The van der Waals surface area contributed by atoms with Crippen molar-refractivity contribution < 1.29 is 14.3 Å². The van der Waals surface area contributed by atoms with E-state index in [1.807, 2.05) is 30.3 Å². The van der Waals surface area contributed by atoms with Gasteiger partial charge in [-0.25, -0.2) is 0 Å². The van der Waals surface area contributed by atoms with Crippen LogP contribution in [-0.4, -0.2) is 23.8 Å². The highest BCUT2D eigenvalue weighted by atomic mass is 16.5. The molecule has 0 aliphatic carbocycles. The fourth-order valence-corrected chi connectivity index (χ4v) is 2.69. The fourth-order valence-electron chi connectivity index (χ4n) is 2.69. The summed E-state index contributed by atoms with van der Waals surface area (Å²) in [5.41, 5.74) is 2.90. The van der Waals surface area contributed by atoms with Crippen LogP contribution in [0.25, 0.3) is 10.9 Å². The molecule has 2 aromatic carbocycles. The molecule has 0 fully saturated rings. The Kier molecular flexibility index (Phi) is 4.33. The maximum absolute atomic E-state index is 12.6. The molecule has 3 rings (SSSR count). The Bertz CT molecular complexity index is 912. The Morgan fingerprint density at radius 3 is 2.71 bits per heavy atom. The number of amides is 1. The first-order valence-corrected chi connectivity index (χ1v) is 7.62. The van der Waals surface area contributed by atoms with Crippen molar-refractivity contribution in [2.45, 2.75) is 13.3 Å². The van der Waals surface area contributed by atoms with Crippen molar-refractivity contribution in [3.63, 3.8) is 0 Å². The van der Waals surface area contributed by atoms with Gasteiger partial charge in [0.15, 0.2) is 0 Å². The summed E-state index contributed by atoms with van der Waals surface area (Å²) in [6.07, 6.45) is 2.03. The number of carbonyl (C=O) groups excluding carboxylic acids is 2. The van der Waals surface area contributed by atoms with E-state index in [-0.39, 0.29) is 11.7 Å². The fraction of sp³-hybridized carbons (Fsp3) is 0.158. The lowest BCUT2D eigenvalue weighted by molar-refractivity contribution is -0.116. The maximum Gasteiger partial charge on any atom is 0.257 e. The largest absolute Gasteiger partial charge is 0.495 e. The van der Waals surface area contributed by atoms with E-state index in [0.717, 1.165) is 16.5 Å². The van der Waals surface area contributed by atoms with Crippen LogP contribution in [0.5, 0.6) is 5.75 Å². The van der Waals surface area contributed by atoms with E-state index in [9.17, 15) is 9.59 Å². The monoisotopic (exact) mass is 322 g/mol. The third kappa shape index (κ3) is 3.15. The van der Waals surface area contributed by atoms with Crippen molar-refractivity contribution in [3.05, 3.63) is 59.8 Å². The summed E-state index contributed by atoms with van der Waals surface area (Å²) < 4.78 is 5.34. The standard InChI is InChI=1S/C19H18N2O3/c1-12(22)9-13-7-8-17(18(10-13)24-2)21-19(23)15-11-20-16-6-4-3-5-14(15)16/h3-8,10-11,20H,9H2,1-2H3,(H,21,23). The van der Waals surface area contributed by atoms with Crippen molar-refractivity contribution in [2.24, 2.45) is 0 Å². The molecule has 0 bridgehead atoms. The second kappa shape index (κ2) is 6.58. The van der Waals surface area contributed by atoms with Gasteiger partial charge in [-0.1, -0.05) is 24.3 Å². The number of para-hydroxylation sites is 1. The smallest absolute Gasteiger partial charge is 0.257 e. The Balaban J connectivity index is 1.87. The number of hydrogen-bond donors (Lipinski definition) is 2. The van der Waals surface area contributed by atoms with Gasteiger partial charge >= 0.3 is 0 Å². The van der Waals surface area contributed by atoms with E-state index in [1.165, 1.54) is 7.11 Å². The van der Waals surface area contributed by atoms with Crippen LogP contribution < -0.4 is 10.1 Å². The molecule has 1 heterocycles. The molecule has 0 atom stereocenters. The number of ketones is 1. The Hall–Kier alpha value is -3.08. The first-order valence-electron chi connectivity index (χ1n) is 7.62. The van der Waals surface area contributed by atoms with Crippen LogP contribution >= 0.6 is 0 Å². The molecule has 3 aromatic rings. The van der Waals surface area contributed by atoms with Gasteiger partial charge < -0.3 is 15.0 Å². The Labute approximate surface area is 139 Å².